The molecule has 1 atom stereocenters. The van der Waals surface area contributed by atoms with Crippen molar-refractivity contribution in [2.24, 2.45) is 7.05 Å². The number of H-pyrrole nitrogens is 1. The van der Waals surface area contributed by atoms with Crippen molar-refractivity contribution in [3.05, 3.63) is 51.2 Å². The van der Waals surface area contributed by atoms with E-state index < -0.39 is 17.4 Å². The van der Waals surface area contributed by atoms with Gasteiger partial charge in [0.1, 0.15) is 18.5 Å². The second-order valence-electron chi connectivity index (χ2n) is 7.54. The number of rotatable bonds is 12. The first-order valence-corrected chi connectivity index (χ1v) is 11.7. The van der Waals surface area contributed by atoms with Crippen LogP contribution in [-0.4, -0.2) is 42.7 Å². The van der Waals surface area contributed by atoms with E-state index in [1.165, 1.54) is 23.8 Å². The van der Waals surface area contributed by atoms with Crippen molar-refractivity contribution in [2.75, 3.05) is 12.4 Å². The highest BCUT2D eigenvalue weighted by atomic mass is 32.2. The van der Waals surface area contributed by atoms with Gasteiger partial charge in [0.2, 0.25) is 0 Å². The summed E-state index contributed by atoms with van der Waals surface area (Å²) in [5.74, 6) is 1.52. The van der Waals surface area contributed by atoms with E-state index in [0.29, 0.717) is 16.6 Å². The maximum atomic E-state index is 12.5. The molecule has 2 heterocycles. The van der Waals surface area contributed by atoms with Crippen LogP contribution in [0.4, 0.5) is 0 Å². The van der Waals surface area contributed by atoms with Crippen molar-refractivity contribution < 1.29 is 9.84 Å². The minimum absolute atomic E-state index is 0.0779. The number of benzene rings is 1. The first-order chi connectivity index (χ1) is 15.0. The molecular formula is C22H30N4O4S. The van der Waals surface area contributed by atoms with E-state index in [2.05, 4.69) is 16.9 Å². The number of hydrogen-bond donors (Lipinski definition) is 2. The number of unbranched alkanes of at least 4 members (excludes halogenated alkanes) is 4. The van der Waals surface area contributed by atoms with Crippen LogP contribution in [0.2, 0.25) is 0 Å². The van der Waals surface area contributed by atoms with E-state index >= 15 is 0 Å². The minimum Gasteiger partial charge on any atom is -0.491 e. The summed E-state index contributed by atoms with van der Waals surface area (Å²) >= 11 is 1.54. The summed E-state index contributed by atoms with van der Waals surface area (Å²) < 4.78 is 8.67. The number of aryl methyl sites for hydroxylation is 1. The molecule has 1 aromatic carbocycles. The van der Waals surface area contributed by atoms with Crippen LogP contribution in [-0.2, 0) is 13.6 Å². The molecule has 31 heavy (non-hydrogen) atoms. The van der Waals surface area contributed by atoms with E-state index in [0.717, 1.165) is 18.6 Å². The molecule has 0 radical (unpaired) electrons. The van der Waals surface area contributed by atoms with Gasteiger partial charge in [-0.3, -0.25) is 14.3 Å². The Morgan fingerprint density at radius 1 is 1.16 bits per heavy atom. The first kappa shape index (κ1) is 23.1. The van der Waals surface area contributed by atoms with Crippen LogP contribution in [0.15, 0.2) is 45.1 Å². The molecule has 3 rings (SSSR count). The number of aromatic nitrogens is 4. The Morgan fingerprint density at radius 3 is 2.65 bits per heavy atom. The SMILES string of the molecule is CCCCCCCSc1nc2c(c(=O)[nH]c(=O)n2C)n1CC(O)COc1ccccc1. The topological polar surface area (TPSA) is 102 Å². The van der Waals surface area contributed by atoms with Gasteiger partial charge in [-0.2, -0.15) is 0 Å². The van der Waals surface area contributed by atoms with Gasteiger partial charge in [-0.05, 0) is 18.6 Å². The standard InChI is InChI=1S/C22H30N4O4S/c1-3-4-5-6-10-13-31-22-23-19-18(20(28)24-21(29)25(19)2)26(22)14-16(27)15-30-17-11-8-7-9-12-17/h7-9,11-12,16,27H,3-6,10,13-15H2,1-2H3,(H,24,28,29). The second kappa shape index (κ2) is 11.2. The fraction of sp³-hybridized carbons (Fsp3) is 0.500. The fourth-order valence-corrected chi connectivity index (χ4v) is 4.34. The Kier molecular flexibility index (Phi) is 8.36. The molecule has 2 aromatic heterocycles. The zero-order valence-electron chi connectivity index (χ0n) is 18.0. The molecular weight excluding hydrogens is 416 g/mol. The minimum atomic E-state index is -0.849. The predicted octanol–water partition coefficient (Wildman–Crippen LogP) is 2.93. The van der Waals surface area contributed by atoms with Crippen LogP contribution < -0.4 is 16.0 Å². The molecule has 0 aliphatic rings. The molecule has 3 aromatic rings. The molecule has 168 valence electrons. The lowest BCUT2D eigenvalue weighted by Crippen LogP contribution is -2.30. The number of nitrogens with zero attached hydrogens (tertiary/aromatic N) is 3. The summed E-state index contributed by atoms with van der Waals surface area (Å²) in [6.07, 6.45) is 4.98. The number of fused-ring (bicyclic) bond motifs is 1. The summed E-state index contributed by atoms with van der Waals surface area (Å²) in [6.45, 7) is 2.41. The molecule has 1 unspecified atom stereocenters. The number of ether oxygens (including phenoxy) is 1. The van der Waals surface area contributed by atoms with E-state index in [1.54, 1.807) is 23.4 Å². The number of aliphatic hydroxyl groups is 1. The summed E-state index contributed by atoms with van der Waals surface area (Å²) in [7, 11) is 1.58. The number of aliphatic hydroxyl groups excluding tert-OH is 1. The third kappa shape index (κ3) is 6.01. The van der Waals surface area contributed by atoms with Gasteiger partial charge in [-0.15, -0.1) is 0 Å². The largest absolute Gasteiger partial charge is 0.491 e. The normalized spacial score (nSPS) is 12.4. The van der Waals surface area contributed by atoms with Crippen LogP contribution in [0.25, 0.3) is 11.2 Å². The number of nitrogens with one attached hydrogen (secondary N) is 1. The maximum Gasteiger partial charge on any atom is 0.329 e. The van der Waals surface area contributed by atoms with E-state index in [9.17, 15) is 14.7 Å². The van der Waals surface area contributed by atoms with E-state index in [1.807, 2.05) is 30.3 Å². The summed E-state index contributed by atoms with van der Waals surface area (Å²) in [4.78, 5) is 31.4. The van der Waals surface area contributed by atoms with E-state index in [-0.39, 0.29) is 18.7 Å². The molecule has 0 fully saturated rings. The van der Waals surface area contributed by atoms with Gasteiger partial charge in [-0.25, -0.2) is 9.78 Å². The molecule has 0 aliphatic heterocycles. The summed E-state index contributed by atoms with van der Waals surface area (Å²) in [5, 5.41) is 11.2. The van der Waals surface area contributed by atoms with Crippen molar-refractivity contribution in [1.29, 1.82) is 0 Å². The molecule has 0 spiro atoms. The lowest BCUT2D eigenvalue weighted by molar-refractivity contribution is 0.0914. The second-order valence-corrected chi connectivity index (χ2v) is 8.60. The molecule has 0 aliphatic carbocycles. The van der Waals surface area contributed by atoms with Crippen molar-refractivity contribution >= 4 is 22.9 Å². The third-order valence-corrected chi connectivity index (χ3v) is 6.09. The monoisotopic (exact) mass is 446 g/mol. The van der Waals surface area contributed by atoms with Crippen LogP contribution >= 0.6 is 11.8 Å². The number of hydrogen-bond acceptors (Lipinski definition) is 6. The molecule has 2 N–H and O–H groups in total. The molecule has 8 nitrogen and oxygen atoms in total. The first-order valence-electron chi connectivity index (χ1n) is 10.7. The Balaban J connectivity index is 1.78. The van der Waals surface area contributed by atoms with Crippen molar-refractivity contribution in [3.8, 4) is 5.75 Å². The van der Waals surface area contributed by atoms with Crippen molar-refractivity contribution in [1.82, 2.24) is 19.1 Å². The Bertz CT molecular complexity index is 1090. The number of imidazole rings is 1. The van der Waals surface area contributed by atoms with Gasteiger partial charge < -0.3 is 14.4 Å². The van der Waals surface area contributed by atoms with Gasteiger partial charge in [-0.1, -0.05) is 62.6 Å². The highest BCUT2D eigenvalue weighted by molar-refractivity contribution is 7.99. The summed E-state index contributed by atoms with van der Waals surface area (Å²) in [6, 6.07) is 9.25. The Morgan fingerprint density at radius 2 is 1.90 bits per heavy atom. The van der Waals surface area contributed by atoms with Crippen molar-refractivity contribution in [2.45, 2.75) is 56.8 Å². The summed E-state index contributed by atoms with van der Waals surface area (Å²) in [5.41, 5.74) is -0.407. The molecule has 0 bridgehead atoms. The Hall–Kier alpha value is -2.52. The fourth-order valence-electron chi connectivity index (χ4n) is 3.34. The quantitative estimate of drug-likeness (QED) is 0.328. The van der Waals surface area contributed by atoms with Gasteiger partial charge in [0.05, 0.1) is 6.54 Å². The molecule has 0 saturated carbocycles. The molecule has 0 amide bonds. The zero-order chi connectivity index (χ0) is 22.2. The van der Waals surface area contributed by atoms with Crippen LogP contribution in [0, 0.1) is 0 Å². The van der Waals surface area contributed by atoms with Gasteiger partial charge in [0.25, 0.3) is 5.56 Å². The lowest BCUT2D eigenvalue weighted by atomic mass is 10.2. The maximum absolute atomic E-state index is 12.5. The van der Waals surface area contributed by atoms with Crippen LogP contribution in [0.1, 0.15) is 39.0 Å². The highest BCUT2D eigenvalue weighted by Gasteiger charge is 2.20. The Labute approximate surface area is 185 Å². The van der Waals surface area contributed by atoms with E-state index in [4.69, 9.17) is 4.74 Å². The number of aromatic amines is 1. The van der Waals surface area contributed by atoms with Crippen molar-refractivity contribution in [3.63, 3.8) is 0 Å². The van der Waals surface area contributed by atoms with Gasteiger partial charge >= 0.3 is 5.69 Å². The predicted molar refractivity (Wildman–Crippen MR) is 123 cm³/mol. The van der Waals surface area contributed by atoms with Gasteiger partial charge in [0.15, 0.2) is 16.3 Å². The van der Waals surface area contributed by atoms with Crippen LogP contribution in [0.5, 0.6) is 5.75 Å². The average Bonchev–Trinajstić information content (AvgIpc) is 3.12. The number of para-hydroxylation sites is 1. The zero-order valence-corrected chi connectivity index (χ0v) is 18.9. The van der Waals surface area contributed by atoms with Gasteiger partial charge in [0, 0.05) is 12.8 Å². The third-order valence-electron chi connectivity index (χ3n) is 5.03. The van der Waals surface area contributed by atoms with Crippen LogP contribution in [0.3, 0.4) is 0 Å². The smallest absolute Gasteiger partial charge is 0.329 e. The highest BCUT2D eigenvalue weighted by Crippen LogP contribution is 2.23. The number of thioether (sulfide) groups is 1. The molecule has 0 saturated heterocycles. The molecule has 9 heteroatoms. The lowest BCUT2D eigenvalue weighted by Gasteiger charge is -2.15. The average molecular weight is 447 g/mol.